The highest BCUT2D eigenvalue weighted by Crippen LogP contribution is 2.17. The first kappa shape index (κ1) is 20.0. The van der Waals surface area contributed by atoms with Crippen LogP contribution in [0, 0.1) is 0 Å². The predicted molar refractivity (Wildman–Crippen MR) is 101 cm³/mol. The number of hydrogen-bond donors (Lipinski definition) is 0. The SMILES string of the molecule is CC(OC(=O)c1ccc(CN2C(=O)CCC2=O)cc1)C(=O)N1CCCCCC1. The molecule has 0 saturated carbocycles. The van der Waals surface area contributed by atoms with Gasteiger partial charge >= 0.3 is 5.97 Å². The van der Waals surface area contributed by atoms with Crippen molar-refractivity contribution in [2.24, 2.45) is 0 Å². The summed E-state index contributed by atoms with van der Waals surface area (Å²) >= 11 is 0. The summed E-state index contributed by atoms with van der Waals surface area (Å²) in [6.07, 6.45) is 3.90. The van der Waals surface area contributed by atoms with Crippen molar-refractivity contribution in [3.8, 4) is 0 Å². The van der Waals surface area contributed by atoms with Crippen LogP contribution >= 0.6 is 0 Å². The van der Waals surface area contributed by atoms with Gasteiger partial charge in [0, 0.05) is 25.9 Å². The third-order valence-corrected chi connectivity index (χ3v) is 5.23. The number of likely N-dealkylation sites (tertiary alicyclic amines) is 2. The van der Waals surface area contributed by atoms with Gasteiger partial charge in [0.15, 0.2) is 6.10 Å². The number of nitrogens with zero attached hydrogens (tertiary/aromatic N) is 2. The zero-order chi connectivity index (χ0) is 20.1. The maximum atomic E-state index is 12.5. The van der Waals surface area contributed by atoms with Crippen molar-refractivity contribution in [2.45, 2.75) is 58.1 Å². The van der Waals surface area contributed by atoms with Crippen molar-refractivity contribution < 1.29 is 23.9 Å². The van der Waals surface area contributed by atoms with Gasteiger partial charge in [0.2, 0.25) is 11.8 Å². The first-order valence-electron chi connectivity index (χ1n) is 9.87. The van der Waals surface area contributed by atoms with Gasteiger partial charge < -0.3 is 9.64 Å². The largest absolute Gasteiger partial charge is 0.449 e. The Kier molecular flexibility index (Phi) is 6.44. The summed E-state index contributed by atoms with van der Waals surface area (Å²) in [7, 11) is 0. The molecule has 1 aromatic rings. The monoisotopic (exact) mass is 386 g/mol. The van der Waals surface area contributed by atoms with Crippen molar-refractivity contribution in [3.05, 3.63) is 35.4 Å². The van der Waals surface area contributed by atoms with Crippen LogP contribution in [0.5, 0.6) is 0 Å². The van der Waals surface area contributed by atoms with Crippen molar-refractivity contribution in [2.75, 3.05) is 13.1 Å². The van der Waals surface area contributed by atoms with Gasteiger partial charge in [0.05, 0.1) is 12.1 Å². The van der Waals surface area contributed by atoms with Crippen LogP contribution in [0.25, 0.3) is 0 Å². The Labute approximate surface area is 164 Å². The van der Waals surface area contributed by atoms with Gasteiger partial charge in [-0.05, 0) is 37.5 Å². The molecule has 3 amide bonds. The normalized spacial score (nSPS) is 18.8. The molecule has 2 fully saturated rings. The number of esters is 1. The Hall–Kier alpha value is -2.70. The second-order valence-corrected chi connectivity index (χ2v) is 7.36. The lowest BCUT2D eigenvalue weighted by Gasteiger charge is -2.24. The van der Waals surface area contributed by atoms with Crippen molar-refractivity contribution in [1.29, 1.82) is 0 Å². The van der Waals surface area contributed by atoms with Crippen LogP contribution in [0.1, 0.15) is 61.4 Å². The fourth-order valence-electron chi connectivity index (χ4n) is 3.56. The maximum Gasteiger partial charge on any atom is 0.338 e. The van der Waals surface area contributed by atoms with Crippen LogP contribution in [0.4, 0.5) is 0 Å². The Morgan fingerprint density at radius 3 is 2.11 bits per heavy atom. The summed E-state index contributed by atoms with van der Waals surface area (Å²) in [6.45, 7) is 3.23. The van der Waals surface area contributed by atoms with E-state index in [2.05, 4.69) is 0 Å². The Balaban J connectivity index is 1.55. The standard InChI is InChI=1S/C21H26N2O5/c1-15(20(26)22-12-4-2-3-5-13-22)28-21(27)17-8-6-16(7-9-17)14-23-18(24)10-11-19(23)25/h6-9,15H,2-5,10-14H2,1H3. The molecule has 0 aliphatic carbocycles. The van der Waals surface area contributed by atoms with Crippen LogP contribution in [-0.2, 0) is 25.7 Å². The van der Waals surface area contributed by atoms with E-state index in [0.717, 1.165) is 31.2 Å². The molecule has 2 saturated heterocycles. The average Bonchev–Trinajstić information content (AvgIpc) is 2.90. The van der Waals surface area contributed by atoms with Crippen LogP contribution < -0.4 is 0 Å². The number of carbonyl (C=O) groups excluding carboxylic acids is 4. The van der Waals surface area contributed by atoms with Crippen LogP contribution in [0.2, 0.25) is 0 Å². The lowest BCUT2D eigenvalue weighted by molar-refractivity contribution is -0.140. The first-order chi connectivity index (χ1) is 13.5. The minimum Gasteiger partial charge on any atom is -0.449 e. The number of carbonyl (C=O) groups is 4. The molecular weight excluding hydrogens is 360 g/mol. The first-order valence-corrected chi connectivity index (χ1v) is 9.87. The van der Waals surface area contributed by atoms with Gasteiger partial charge in [0.1, 0.15) is 0 Å². The molecule has 1 atom stereocenters. The minimum atomic E-state index is -0.829. The molecule has 0 spiro atoms. The van der Waals surface area contributed by atoms with Crippen molar-refractivity contribution in [1.82, 2.24) is 9.80 Å². The number of benzene rings is 1. The second-order valence-electron chi connectivity index (χ2n) is 7.36. The van der Waals surface area contributed by atoms with E-state index in [0.29, 0.717) is 18.7 Å². The van der Waals surface area contributed by atoms with Gasteiger partial charge in [-0.1, -0.05) is 25.0 Å². The summed E-state index contributed by atoms with van der Waals surface area (Å²) in [5.74, 6) is -1.06. The summed E-state index contributed by atoms with van der Waals surface area (Å²) in [6, 6.07) is 6.56. The summed E-state index contributed by atoms with van der Waals surface area (Å²) in [5.41, 5.74) is 1.09. The van der Waals surface area contributed by atoms with Crippen LogP contribution in [-0.4, -0.2) is 52.7 Å². The molecule has 3 rings (SSSR count). The lowest BCUT2D eigenvalue weighted by atomic mass is 10.1. The molecule has 0 N–H and O–H groups in total. The van der Waals surface area contributed by atoms with E-state index in [1.807, 2.05) is 0 Å². The van der Waals surface area contributed by atoms with E-state index in [1.54, 1.807) is 36.1 Å². The molecule has 0 bridgehead atoms. The molecule has 1 unspecified atom stereocenters. The molecule has 2 aliphatic heterocycles. The molecule has 0 radical (unpaired) electrons. The topological polar surface area (TPSA) is 84.0 Å². The zero-order valence-electron chi connectivity index (χ0n) is 16.2. The van der Waals surface area contributed by atoms with Gasteiger partial charge in [-0.25, -0.2) is 4.79 Å². The Bertz CT molecular complexity index is 735. The highest BCUT2D eigenvalue weighted by molar-refractivity contribution is 6.01. The Morgan fingerprint density at radius 1 is 0.964 bits per heavy atom. The van der Waals surface area contributed by atoms with E-state index in [1.165, 1.54) is 4.90 Å². The van der Waals surface area contributed by atoms with E-state index in [-0.39, 0.29) is 37.1 Å². The van der Waals surface area contributed by atoms with E-state index in [4.69, 9.17) is 4.74 Å². The van der Waals surface area contributed by atoms with E-state index < -0.39 is 12.1 Å². The summed E-state index contributed by atoms with van der Waals surface area (Å²) in [4.78, 5) is 51.3. The van der Waals surface area contributed by atoms with Gasteiger partial charge in [-0.15, -0.1) is 0 Å². The predicted octanol–water partition coefficient (Wildman–Crippen LogP) is 2.28. The van der Waals surface area contributed by atoms with Crippen LogP contribution in [0.15, 0.2) is 24.3 Å². The summed E-state index contributed by atoms with van der Waals surface area (Å²) in [5, 5.41) is 0. The third-order valence-electron chi connectivity index (χ3n) is 5.23. The minimum absolute atomic E-state index is 0.155. The smallest absolute Gasteiger partial charge is 0.338 e. The highest BCUT2D eigenvalue weighted by atomic mass is 16.5. The average molecular weight is 386 g/mol. The number of rotatable bonds is 5. The lowest BCUT2D eigenvalue weighted by Crippen LogP contribution is -2.40. The fraction of sp³-hybridized carbons (Fsp3) is 0.524. The molecule has 1 aromatic carbocycles. The molecule has 7 heteroatoms. The second kappa shape index (κ2) is 8.99. The van der Waals surface area contributed by atoms with Gasteiger partial charge in [-0.3, -0.25) is 19.3 Å². The number of imide groups is 1. The zero-order valence-corrected chi connectivity index (χ0v) is 16.2. The number of amides is 3. The molecular formula is C21H26N2O5. The molecule has 7 nitrogen and oxygen atoms in total. The van der Waals surface area contributed by atoms with Crippen LogP contribution in [0.3, 0.4) is 0 Å². The Morgan fingerprint density at radius 2 is 1.54 bits per heavy atom. The quantitative estimate of drug-likeness (QED) is 0.573. The van der Waals surface area contributed by atoms with Gasteiger partial charge in [-0.2, -0.15) is 0 Å². The number of ether oxygens (including phenoxy) is 1. The number of hydrogen-bond acceptors (Lipinski definition) is 5. The third kappa shape index (κ3) is 4.77. The maximum absolute atomic E-state index is 12.5. The van der Waals surface area contributed by atoms with Gasteiger partial charge in [0.25, 0.3) is 5.91 Å². The molecule has 28 heavy (non-hydrogen) atoms. The fourth-order valence-corrected chi connectivity index (χ4v) is 3.56. The van der Waals surface area contributed by atoms with Crippen molar-refractivity contribution in [3.63, 3.8) is 0 Å². The molecule has 150 valence electrons. The highest BCUT2D eigenvalue weighted by Gasteiger charge is 2.29. The molecule has 2 heterocycles. The summed E-state index contributed by atoms with van der Waals surface area (Å²) < 4.78 is 5.35. The molecule has 2 aliphatic rings. The van der Waals surface area contributed by atoms with E-state index >= 15 is 0 Å². The molecule has 0 aromatic heterocycles. The van der Waals surface area contributed by atoms with E-state index in [9.17, 15) is 19.2 Å². The van der Waals surface area contributed by atoms with Crippen molar-refractivity contribution >= 4 is 23.7 Å².